The summed E-state index contributed by atoms with van der Waals surface area (Å²) in [5.41, 5.74) is 0.107. The number of rotatable bonds is 15. The van der Waals surface area contributed by atoms with Crippen LogP contribution in [0.15, 0.2) is 59.9 Å². The number of imide groups is 1. The van der Waals surface area contributed by atoms with Crippen molar-refractivity contribution in [1.82, 2.24) is 0 Å². The highest BCUT2D eigenvalue weighted by molar-refractivity contribution is 7.78. The first-order chi connectivity index (χ1) is 22.3. The Bertz CT molecular complexity index is 1440. The van der Waals surface area contributed by atoms with Crippen molar-refractivity contribution >= 4 is 42.5 Å². The third-order valence-corrected chi connectivity index (χ3v) is 13.2. The third kappa shape index (κ3) is 8.90. The third-order valence-electron chi connectivity index (χ3n) is 8.74. The average molecular weight is 666 g/mol. The van der Waals surface area contributed by atoms with E-state index in [1.165, 1.54) is 18.9 Å². The first-order valence-corrected chi connectivity index (χ1v) is 19.4. The molecule has 9 heteroatoms. The molecular formula is C38H54N2O6P+. The van der Waals surface area contributed by atoms with Gasteiger partial charge >= 0.3 is 12.1 Å². The second-order valence-electron chi connectivity index (χ2n) is 13.5. The van der Waals surface area contributed by atoms with Gasteiger partial charge in [-0.25, -0.2) is 14.5 Å². The Balaban J connectivity index is 2.41. The number of fused-ring (bicyclic) bond motifs is 1. The number of carbonyl (C=O) groups excluding carboxylic acids is 4. The number of unbranched alkanes of at least 4 members (excludes halogenated alkanes) is 3. The van der Waals surface area contributed by atoms with Gasteiger partial charge in [-0.3, -0.25) is 14.9 Å². The number of para-hydroxylation sites is 2. The topological polar surface area (TPSA) is 102 Å². The van der Waals surface area contributed by atoms with Crippen LogP contribution in [0.4, 0.5) is 16.2 Å². The summed E-state index contributed by atoms with van der Waals surface area (Å²) in [5, 5.41) is 2.86. The zero-order valence-electron chi connectivity index (χ0n) is 29.6. The van der Waals surface area contributed by atoms with E-state index in [4.69, 9.17) is 9.47 Å². The first-order valence-electron chi connectivity index (χ1n) is 17.0. The van der Waals surface area contributed by atoms with E-state index in [-0.39, 0.29) is 12.0 Å². The summed E-state index contributed by atoms with van der Waals surface area (Å²) < 4.78 is 11.1. The maximum atomic E-state index is 15.0. The molecule has 3 amide bonds. The van der Waals surface area contributed by atoms with Crippen LogP contribution in [0, 0.1) is 0 Å². The molecule has 1 aliphatic heterocycles. The highest BCUT2D eigenvalue weighted by Gasteiger charge is 2.58. The molecular weight excluding hydrogens is 611 g/mol. The van der Waals surface area contributed by atoms with Gasteiger partial charge in [0, 0.05) is 19.9 Å². The molecule has 0 radical (unpaired) electrons. The van der Waals surface area contributed by atoms with Crippen molar-refractivity contribution in [3.63, 3.8) is 0 Å². The summed E-state index contributed by atoms with van der Waals surface area (Å²) in [6, 6.07) is 14.4. The van der Waals surface area contributed by atoms with E-state index in [1.54, 1.807) is 45.0 Å². The van der Waals surface area contributed by atoms with E-state index in [0.29, 0.717) is 22.5 Å². The Hall–Kier alpha value is -3.51. The number of amides is 3. The van der Waals surface area contributed by atoms with Crippen LogP contribution in [0.25, 0.3) is 0 Å². The second-order valence-corrected chi connectivity index (χ2v) is 17.6. The normalized spacial score (nSPS) is 16.6. The van der Waals surface area contributed by atoms with Gasteiger partial charge in [0.1, 0.15) is 11.0 Å². The monoisotopic (exact) mass is 665 g/mol. The molecule has 0 spiro atoms. The highest BCUT2D eigenvalue weighted by atomic mass is 31.2. The average Bonchev–Trinajstić information content (AvgIpc) is 3.27. The molecule has 256 valence electrons. The van der Waals surface area contributed by atoms with E-state index in [2.05, 4.69) is 31.9 Å². The maximum Gasteiger partial charge on any atom is 0.412 e. The maximum absolute atomic E-state index is 15.0. The number of hydrogen-bond donors (Lipinski definition) is 1. The molecule has 2 aromatic carbocycles. The molecule has 3 rings (SSSR count). The Labute approximate surface area is 282 Å². The molecule has 0 saturated heterocycles. The zero-order chi connectivity index (χ0) is 34.8. The van der Waals surface area contributed by atoms with E-state index >= 15 is 0 Å². The zero-order valence-corrected chi connectivity index (χ0v) is 30.5. The molecule has 1 N–H and O–H groups in total. The molecule has 8 nitrogen and oxygen atoms in total. The summed E-state index contributed by atoms with van der Waals surface area (Å²) in [6.07, 6.45) is 8.45. The van der Waals surface area contributed by atoms with Crippen LogP contribution < -0.4 is 10.2 Å². The number of ether oxygens (including phenoxy) is 2. The minimum Gasteiger partial charge on any atom is -0.466 e. The molecule has 0 aliphatic carbocycles. The van der Waals surface area contributed by atoms with Crippen molar-refractivity contribution in [2.75, 3.05) is 35.8 Å². The Morgan fingerprint density at radius 1 is 0.894 bits per heavy atom. The van der Waals surface area contributed by atoms with Gasteiger partial charge in [-0.2, -0.15) is 0 Å². The Kier molecular flexibility index (Phi) is 13.4. The quantitative estimate of drug-likeness (QED) is 0.116. The van der Waals surface area contributed by atoms with Gasteiger partial charge in [0.25, 0.3) is 0 Å². The standard InChI is InChI=1S/C38H53N2O6P/c1-9-12-23-47(24-13-10-2,25-14-11-3)27-31(34(42)45-8)38(30-20-16-18-22-33(30)40(28(4)41)35(38)43)26-29-19-15-17-21-32(29)39-36(44)46-37(5,6)7/h15-22,27H,9-14,23-26H2,1-8H3/p+1/b31-27+. The van der Waals surface area contributed by atoms with Gasteiger partial charge in [-0.1, -0.05) is 76.4 Å². The first kappa shape index (κ1) is 37.9. The summed E-state index contributed by atoms with van der Waals surface area (Å²) >= 11 is 0. The molecule has 2 aromatic rings. The minimum absolute atomic E-state index is 0.0227. The smallest absolute Gasteiger partial charge is 0.412 e. The fourth-order valence-corrected chi connectivity index (χ4v) is 11.2. The van der Waals surface area contributed by atoms with Gasteiger partial charge in [0.15, 0.2) is 0 Å². The molecule has 1 unspecified atom stereocenters. The van der Waals surface area contributed by atoms with Gasteiger partial charge in [0.05, 0.1) is 42.7 Å². The minimum atomic E-state index is -1.92. The SMILES string of the molecule is CCCC[P+](/C=C(\C(=O)OC)C1(Cc2ccccc2NC(=O)OC(C)(C)C)C(=O)N(C(C)=O)c2ccccc21)(CCCC)CCCC. The molecule has 1 heterocycles. The summed E-state index contributed by atoms with van der Waals surface area (Å²) in [4.78, 5) is 56.5. The van der Waals surface area contributed by atoms with Crippen molar-refractivity contribution in [2.45, 2.75) is 104 Å². The van der Waals surface area contributed by atoms with Crippen molar-refractivity contribution in [1.29, 1.82) is 0 Å². The molecule has 47 heavy (non-hydrogen) atoms. The lowest BCUT2D eigenvalue weighted by Gasteiger charge is -2.33. The van der Waals surface area contributed by atoms with Gasteiger partial charge in [0.2, 0.25) is 11.8 Å². The van der Waals surface area contributed by atoms with Crippen LogP contribution in [0.1, 0.15) is 98.1 Å². The van der Waals surface area contributed by atoms with E-state index in [0.717, 1.165) is 57.0 Å². The number of esters is 1. The van der Waals surface area contributed by atoms with Crippen molar-refractivity contribution in [2.24, 2.45) is 0 Å². The van der Waals surface area contributed by atoms with Crippen LogP contribution >= 0.6 is 7.26 Å². The fraction of sp³-hybridized carbons (Fsp3) is 0.526. The number of methoxy groups -OCH3 is 1. The number of carbonyl (C=O) groups is 4. The number of hydrogen-bond acceptors (Lipinski definition) is 6. The molecule has 0 fully saturated rings. The van der Waals surface area contributed by atoms with Gasteiger partial charge in [-0.15, -0.1) is 0 Å². The van der Waals surface area contributed by atoms with Gasteiger partial charge in [-0.05, 0) is 69.7 Å². The number of nitrogens with one attached hydrogen (secondary N) is 1. The van der Waals surface area contributed by atoms with Crippen LogP contribution in [-0.4, -0.2) is 55.1 Å². The lowest BCUT2D eigenvalue weighted by Crippen LogP contribution is -2.47. The highest BCUT2D eigenvalue weighted by Crippen LogP contribution is 2.65. The van der Waals surface area contributed by atoms with Crippen LogP contribution in [0.5, 0.6) is 0 Å². The van der Waals surface area contributed by atoms with E-state index < -0.39 is 42.2 Å². The largest absolute Gasteiger partial charge is 0.466 e. The summed E-state index contributed by atoms with van der Waals surface area (Å²) in [5.74, 6) is 0.652. The number of anilines is 2. The van der Waals surface area contributed by atoms with E-state index in [9.17, 15) is 19.2 Å². The lowest BCUT2D eigenvalue weighted by atomic mass is 9.71. The van der Waals surface area contributed by atoms with Crippen LogP contribution in [0.3, 0.4) is 0 Å². The van der Waals surface area contributed by atoms with Crippen LogP contribution in [-0.2, 0) is 35.7 Å². The number of nitrogens with zero attached hydrogens (tertiary/aromatic N) is 1. The molecule has 1 atom stereocenters. The molecule has 0 aromatic heterocycles. The molecule has 1 aliphatic rings. The van der Waals surface area contributed by atoms with Crippen molar-refractivity contribution in [3.8, 4) is 0 Å². The predicted molar refractivity (Wildman–Crippen MR) is 193 cm³/mol. The Morgan fingerprint density at radius 3 is 1.98 bits per heavy atom. The van der Waals surface area contributed by atoms with Crippen LogP contribution in [0.2, 0.25) is 0 Å². The Morgan fingerprint density at radius 2 is 1.45 bits per heavy atom. The van der Waals surface area contributed by atoms with Crippen molar-refractivity contribution < 1.29 is 28.7 Å². The lowest BCUT2D eigenvalue weighted by molar-refractivity contribution is -0.139. The van der Waals surface area contributed by atoms with E-state index in [1.807, 2.05) is 24.3 Å². The van der Waals surface area contributed by atoms with Gasteiger partial charge < -0.3 is 9.47 Å². The molecule has 0 saturated carbocycles. The predicted octanol–water partition coefficient (Wildman–Crippen LogP) is 8.88. The number of benzene rings is 2. The summed E-state index contributed by atoms with van der Waals surface area (Å²) in [6.45, 7) is 13.3. The second kappa shape index (κ2) is 16.5. The molecule has 0 bridgehead atoms. The van der Waals surface area contributed by atoms with Crippen molar-refractivity contribution in [3.05, 3.63) is 71.0 Å². The fourth-order valence-electron chi connectivity index (χ4n) is 6.45. The summed E-state index contributed by atoms with van der Waals surface area (Å²) in [7, 11) is -0.569.